The smallest absolute Gasteiger partial charge is 0.379 e. The topological polar surface area (TPSA) is 41.6 Å². The van der Waals surface area contributed by atoms with Gasteiger partial charge in [0.25, 0.3) is 5.91 Å². The molecule has 112 valence electrons. The van der Waals surface area contributed by atoms with Crippen molar-refractivity contribution < 1.29 is 31.5 Å². The molecule has 1 heterocycles. The van der Waals surface area contributed by atoms with Crippen LogP contribution in [0.15, 0.2) is 0 Å². The van der Waals surface area contributed by atoms with Crippen LogP contribution in [0.2, 0.25) is 0 Å². The molecule has 0 aromatic heterocycles. The van der Waals surface area contributed by atoms with Crippen molar-refractivity contribution in [1.82, 2.24) is 10.2 Å². The Morgan fingerprint density at radius 3 is 2.26 bits per heavy atom. The van der Waals surface area contributed by atoms with Gasteiger partial charge in [-0.1, -0.05) is 0 Å². The highest BCUT2D eigenvalue weighted by Crippen LogP contribution is 2.35. The number of rotatable bonds is 5. The highest BCUT2D eigenvalue weighted by molar-refractivity contribution is 5.84. The van der Waals surface area contributed by atoms with Crippen LogP contribution in [-0.4, -0.2) is 62.3 Å². The van der Waals surface area contributed by atoms with Gasteiger partial charge in [0.15, 0.2) is 0 Å². The fourth-order valence-corrected chi connectivity index (χ4v) is 1.57. The molecule has 1 amide bonds. The van der Waals surface area contributed by atoms with Gasteiger partial charge >= 0.3 is 12.1 Å². The molecule has 4 nitrogen and oxygen atoms in total. The lowest BCUT2D eigenvalue weighted by molar-refractivity contribution is -0.269. The number of hydrogen-bond donors (Lipinski definition) is 1. The zero-order chi connectivity index (χ0) is 14.5. The lowest BCUT2D eigenvalue weighted by Crippen LogP contribution is -2.50. The maximum absolute atomic E-state index is 12.5. The molecule has 0 aromatic carbocycles. The van der Waals surface area contributed by atoms with E-state index in [1.807, 2.05) is 4.90 Å². The standard InChI is InChI=1S/C10H15F5N2O2/c11-9(12,10(13,14)15)8(18)16-2-1-3-17-4-6-19-7-5-17/h1-7H2,(H,16,18). The van der Waals surface area contributed by atoms with Gasteiger partial charge in [-0.05, 0) is 13.0 Å². The third-order valence-corrected chi connectivity index (χ3v) is 2.68. The Hall–Kier alpha value is -0.960. The van der Waals surface area contributed by atoms with E-state index in [9.17, 15) is 26.7 Å². The molecule has 1 aliphatic rings. The van der Waals surface area contributed by atoms with E-state index in [0.717, 1.165) is 0 Å². The first-order valence-corrected chi connectivity index (χ1v) is 5.78. The first kappa shape index (κ1) is 16.1. The summed E-state index contributed by atoms with van der Waals surface area (Å²) in [6.07, 6.45) is -5.55. The van der Waals surface area contributed by atoms with E-state index in [1.54, 1.807) is 5.32 Å². The molecule has 0 radical (unpaired) electrons. The van der Waals surface area contributed by atoms with Gasteiger partial charge < -0.3 is 10.1 Å². The molecule has 1 N–H and O–H groups in total. The molecule has 9 heteroatoms. The second-order valence-corrected chi connectivity index (χ2v) is 4.14. The maximum Gasteiger partial charge on any atom is 0.463 e. The van der Waals surface area contributed by atoms with E-state index in [2.05, 4.69) is 0 Å². The van der Waals surface area contributed by atoms with Gasteiger partial charge in [0.2, 0.25) is 0 Å². The number of halogens is 5. The molecule has 0 saturated carbocycles. The molecular formula is C10H15F5N2O2. The highest BCUT2D eigenvalue weighted by atomic mass is 19.4. The molecule has 1 saturated heterocycles. The van der Waals surface area contributed by atoms with E-state index in [1.165, 1.54) is 0 Å². The molecule has 0 unspecified atom stereocenters. The van der Waals surface area contributed by atoms with Gasteiger partial charge in [0, 0.05) is 19.6 Å². The second-order valence-electron chi connectivity index (χ2n) is 4.14. The quantitative estimate of drug-likeness (QED) is 0.607. The number of ether oxygens (including phenoxy) is 1. The average Bonchev–Trinajstić information content (AvgIpc) is 2.34. The number of carbonyl (C=O) groups is 1. The van der Waals surface area contributed by atoms with Crippen LogP contribution in [0.5, 0.6) is 0 Å². The summed E-state index contributed by atoms with van der Waals surface area (Å²) >= 11 is 0. The van der Waals surface area contributed by atoms with Gasteiger partial charge in [-0.15, -0.1) is 0 Å². The van der Waals surface area contributed by atoms with E-state index in [0.29, 0.717) is 39.3 Å². The van der Waals surface area contributed by atoms with E-state index in [4.69, 9.17) is 4.74 Å². The maximum atomic E-state index is 12.5. The largest absolute Gasteiger partial charge is 0.463 e. The van der Waals surface area contributed by atoms with Crippen molar-refractivity contribution in [2.45, 2.75) is 18.5 Å². The molecule has 0 bridgehead atoms. The summed E-state index contributed by atoms with van der Waals surface area (Å²) in [5.41, 5.74) is 0. The number of morpholine rings is 1. The number of hydrogen-bond acceptors (Lipinski definition) is 3. The third-order valence-electron chi connectivity index (χ3n) is 2.68. The Morgan fingerprint density at radius 1 is 1.16 bits per heavy atom. The van der Waals surface area contributed by atoms with Crippen molar-refractivity contribution in [3.05, 3.63) is 0 Å². The number of nitrogens with zero attached hydrogens (tertiary/aromatic N) is 1. The van der Waals surface area contributed by atoms with Gasteiger partial charge in [-0.2, -0.15) is 22.0 Å². The monoisotopic (exact) mass is 290 g/mol. The lowest BCUT2D eigenvalue weighted by Gasteiger charge is -2.26. The molecule has 1 rings (SSSR count). The van der Waals surface area contributed by atoms with Gasteiger partial charge in [-0.25, -0.2) is 0 Å². The van der Waals surface area contributed by atoms with E-state index < -0.39 is 18.0 Å². The van der Waals surface area contributed by atoms with Crippen molar-refractivity contribution in [2.75, 3.05) is 39.4 Å². The van der Waals surface area contributed by atoms with Crippen LogP contribution < -0.4 is 5.32 Å². The summed E-state index contributed by atoms with van der Waals surface area (Å²) in [5, 5.41) is 1.60. The summed E-state index contributed by atoms with van der Waals surface area (Å²) in [4.78, 5) is 12.7. The second kappa shape index (κ2) is 6.47. The molecule has 1 aliphatic heterocycles. The molecule has 0 spiro atoms. The van der Waals surface area contributed by atoms with Crippen molar-refractivity contribution in [2.24, 2.45) is 0 Å². The Bertz CT molecular complexity index is 303. The highest BCUT2D eigenvalue weighted by Gasteiger charge is 2.63. The summed E-state index contributed by atoms with van der Waals surface area (Å²) < 4.78 is 65.7. The third kappa shape index (κ3) is 4.57. The summed E-state index contributed by atoms with van der Waals surface area (Å²) in [5.74, 6) is -7.65. The van der Waals surface area contributed by atoms with Gasteiger partial charge in [-0.3, -0.25) is 9.69 Å². The SMILES string of the molecule is O=C(NCCCN1CCOCC1)C(F)(F)C(F)(F)F. The molecule has 0 aromatic rings. The van der Waals surface area contributed by atoms with E-state index >= 15 is 0 Å². The first-order valence-electron chi connectivity index (χ1n) is 5.78. The molecule has 0 aliphatic carbocycles. The minimum Gasteiger partial charge on any atom is -0.379 e. The van der Waals surface area contributed by atoms with Crippen molar-refractivity contribution in [3.63, 3.8) is 0 Å². The molecule has 19 heavy (non-hydrogen) atoms. The number of alkyl halides is 5. The first-order chi connectivity index (χ1) is 8.75. The molecular weight excluding hydrogens is 275 g/mol. The minimum absolute atomic E-state index is 0.220. The Kier molecular flexibility index (Phi) is 5.48. The van der Waals surface area contributed by atoms with Crippen molar-refractivity contribution in [3.8, 4) is 0 Å². The molecule has 0 atom stereocenters. The Morgan fingerprint density at radius 2 is 1.74 bits per heavy atom. The predicted octanol–water partition coefficient (Wildman–Crippen LogP) is 1.02. The lowest BCUT2D eigenvalue weighted by atomic mass is 10.3. The zero-order valence-electron chi connectivity index (χ0n) is 10.1. The number of amides is 1. The van der Waals surface area contributed by atoms with Gasteiger partial charge in [0.05, 0.1) is 13.2 Å². The normalized spacial score (nSPS) is 18.4. The fourth-order valence-electron chi connectivity index (χ4n) is 1.57. The van der Waals surface area contributed by atoms with Crippen LogP contribution in [-0.2, 0) is 9.53 Å². The zero-order valence-corrected chi connectivity index (χ0v) is 10.1. The van der Waals surface area contributed by atoms with Gasteiger partial charge in [0.1, 0.15) is 0 Å². The van der Waals surface area contributed by atoms with Crippen LogP contribution in [0.4, 0.5) is 22.0 Å². The predicted molar refractivity (Wildman–Crippen MR) is 55.9 cm³/mol. The van der Waals surface area contributed by atoms with Crippen molar-refractivity contribution in [1.29, 1.82) is 0 Å². The van der Waals surface area contributed by atoms with Crippen LogP contribution >= 0.6 is 0 Å². The number of carbonyl (C=O) groups excluding carboxylic acids is 1. The van der Waals surface area contributed by atoms with Crippen LogP contribution in [0.1, 0.15) is 6.42 Å². The molecule has 1 fully saturated rings. The fraction of sp³-hybridized carbons (Fsp3) is 0.900. The van der Waals surface area contributed by atoms with E-state index in [-0.39, 0.29) is 6.54 Å². The van der Waals surface area contributed by atoms with Crippen LogP contribution in [0.3, 0.4) is 0 Å². The summed E-state index contributed by atoms with van der Waals surface area (Å²) in [6, 6.07) is 0. The van der Waals surface area contributed by atoms with Crippen LogP contribution in [0, 0.1) is 0 Å². The van der Waals surface area contributed by atoms with Crippen molar-refractivity contribution >= 4 is 5.91 Å². The summed E-state index contributed by atoms with van der Waals surface area (Å²) in [6.45, 7) is 2.80. The summed E-state index contributed by atoms with van der Waals surface area (Å²) in [7, 11) is 0. The minimum atomic E-state index is -5.86. The number of nitrogens with one attached hydrogen (secondary N) is 1. The average molecular weight is 290 g/mol. The Labute approximate surface area is 106 Å². The Balaban J connectivity index is 2.23. The van der Waals surface area contributed by atoms with Crippen LogP contribution in [0.25, 0.3) is 0 Å².